The molecular formula is C12H19N3O. The Morgan fingerprint density at radius 1 is 1.44 bits per heavy atom. The van der Waals surface area contributed by atoms with Gasteiger partial charge in [-0.1, -0.05) is 0 Å². The van der Waals surface area contributed by atoms with E-state index in [0.29, 0.717) is 11.6 Å². The average Bonchev–Trinajstić information content (AvgIpc) is 2.27. The summed E-state index contributed by atoms with van der Waals surface area (Å²) in [5.41, 5.74) is 6.31. The third kappa shape index (κ3) is 2.44. The van der Waals surface area contributed by atoms with Crippen molar-refractivity contribution >= 4 is 5.69 Å². The van der Waals surface area contributed by atoms with Gasteiger partial charge in [0.1, 0.15) is 5.60 Å². The van der Waals surface area contributed by atoms with E-state index < -0.39 is 0 Å². The van der Waals surface area contributed by atoms with Gasteiger partial charge in [-0.15, -0.1) is 0 Å². The van der Waals surface area contributed by atoms with Crippen molar-refractivity contribution in [1.29, 1.82) is 0 Å². The number of nitrogen functional groups attached to an aromatic ring is 1. The van der Waals surface area contributed by atoms with E-state index in [1.807, 2.05) is 12.1 Å². The minimum atomic E-state index is -0.130. The molecule has 0 aliphatic carbocycles. The summed E-state index contributed by atoms with van der Waals surface area (Å²) in [6, 6.07) is 3.64. The lowest BCUT2D eigenvalue weighted by Gasteiger charge is -2.37. The van der Waals surface area contributed by atoms with Crippen LogP contribution in [0.3, 0.4) is 0 Å². The average molecular weight is 221 g/mol. The summed E-state index contributed by atoms with van der Waals surface area (Å²) in [6.45, 7) is 4.25. The molecule has 0 saturated carbocycles. The fourth-order valence-electron chi connectivity index (χ4n) is 1.92. The number of rotatable bonds is 2. The molecule has 1 aromatic heterocycles. The van der Waals surface area contributed by atoms with E-state index in [0.717, 1.165) is 25.9 Å². The highest BCUT2D eigenvalue weighted by Gasteiger charge is 2.31. The van der Waals surface area contributed by atoms with Crippen LogP contribution in [0.25, 0.3) is 0 Å². The summed E-state index contributed by atoms with van der Waals surface area (Å²) in [5.74, 6) is 0.564. The number of aromatic nitrogens is 1. The topological polar surface area (TPSA) is 51.4 Å². The lowest BCUT2D eigenvalue weighted by atomic mass is 9.94. The monoisotopic (exact) mass is 221 g/mol. The maximum Gasteiger partial charge on any atom is 0.237 e. The van der Waals surface area contributed by atoms with Crippen LogP contribution in [0.5, 0.6) is 5.88 Å². The first-order chi connectivity index (χ1) is 7.59. The van der Waals surface area contributed by atoms with E-state index in [9.17, 15) is 0 Å². The molecule has 88 valence electrons. The Kier molecular flexibility index (Phi) is 3.01. The third-order valence-corrected chi connectivity index (χ3v) is 3.19. The second-order valence-electron chi connectivity index (χ2n) is 4.75. The highest BCUT2D eigenvalue weighted by Crippen LogP contribution is 2.29. The number of piperidine rings is 1. The fourth-order valence-corrected chi connectivity index (χ4v) is 1.92. The lowest BCUT2D eigenvalue weighted by molar-refractivity contribution is 0.0210. The summed E-state index contributed by atoms with van der Waals surface area (Å²) in [7, 11) is 2.13. The van der Waals surface area contributed by atoms with E-state index >= 15 is 0 Å². The number of nitrogens with two attached hydrogens (primary N) is 1. The van der Waals surface area contributed by atoms with E-state index in [1.54, 1.807) is 6.20 Å². The van der Waals surface area contributed by atoms with Crippen LogP contribution in [0, 0.1) is 0 Å². The first-order valence-electron chi connectivity index (χ1n) is 5.67. The molecule has 1 aliphatic rings. The van der Waals surface area contributed by atoms with Crippen LogP contribution >= 0.6 is 0 Å². The zero-order valence-corrected chi connectivity index (χ0v) is 9.94. The van der Waals surface area contributed by atoms with Gasteiger partial charge >= 0.3 is 0 Å². The summed E-state index contributed by atoms with van der Waals surface area (Å²) in [4.78, 5) is 6.49. The van der Waals surface area contributed by atoms with Crippen LogP contribution in [0.1, 0.15) is 19.8 Å². The zero-order chi connectivity index (χ0) is 11.6. The summed E-state index contributed by atoms with van der Waals surface area (Å²) in [5, 5.41) is 0. The van der Waals surface area contributed by atoms with E-state index in [-0.39, 0.29) is 5.60 Å². The molecular weight excluding hydrogens is 202 g/mol. The number of nitrogens with zero attached hydrogens (tertiary/aromatic N) is 2. The second-order valence-corrected chi connectivity index (χ2v) is 4.75. The Balaban J connectivity index is 2.07. The molecule has 0 amide bonds. The van der Waals surface area contributed by atoms with Crippen LogP contribution in [0.4, 0.5) is 5.69 Å². The predicted molar refractivity (Wildman–Crippen MR) is 64.4 cm³/mol. The Morgan fingerprint density at radius 2 is 2.12 bits per heavy atom. The minimum Gasteiger partial charge on any atom is -0.470 e. The van der Waals surface area contributed by atoms with Gasteiger partial charge in [0.25, 0.3) is 0 Å². The molecule has 0 atom stereocenters. The normalized spacial score (nSPS) is 20.6. The number of hydrogen-bond donors (Lipinski definition) is 1. The molecule has 0 spiro atoms. The first kappa shape index (κ1) is 11.2. The van der Waals surface area contributed by atoms with Crippen LogP contribution in [0.2, 0.25) is 0 Å². The van der Waals surface area contributed by atoms with Gasteiger partial charge in [-0.05, 0) is 38.9 Å². The molecule has 2 heterocycles. The molecule has 16 heavy (non-hydrogen) atoms. The molecule has 0 radical (unpaired) electrons. The largest absolute Gasteiger partial charge is 0.470 e. The number of likely N-dealkylation sites (tertiary alicyclic amines) is 1. The van der Waals surface area contributed by atoms with Crippen molar-refractivity contribution in [2.45, 2.75) is 25.4 Å². The molecule has 0 aromatic carbocycles. The second kappa shape index (κ2) is 4.29. The fraction of sp³-hybridized carbons (Fsp3) is 0.583. The molecule has 4 heteroatoms. The number of hydrogen-bond acceptors (Lipinski definition) is 4. The summed E-state index contributed by atoms with van der Waals surface area (Å²) >= 11 is 0. The van der Waals surface area contributed by atoms with Gasteiger partial charge in [0, 0.05) is 19.3 Å². The van der Waals surface area contributed by atoms with Crippen molar-refractivity contribution in [1.82, 2.24) is 9.88 Å². The van der Waals surface area contributed by atoms with Gasteiger partial charge in [-0.2, -0.15) is 0 Å². The van der Waals surface area contributed by atoms with Gasteiger partial charge in [0.15, 0.2) is 0 Å². The molecule has 4 nitrogen and oxygen atoms in total. The van der Waals surface area contributed by atoms with Gasteiger partial charge in [0.2, 0.25) is 5.88 Å². The van der Waals surface area contributed by atoms with Crippen molar-refractivity contribution in [3.63, 3.8) is 0 Å². The van der Waals surface area contributed by atoms with Crippen molar-refractivity contribution in [3.8, 4) is 5.88 Å². The molecule has 0 bridgehead atoms. The molecule has 0 unspecified atom stereocenters. The van der Waals surface area contributed by atoms with Crippen molar-refractivity contribution in [2.24, 2.45) is 0 Å². The lowest BCUT2D eigenvalue weighted by Crippen LogP contribution is -2.44. The van der Waals surface area contributed by atoms with Crippen molar-refractivity contribution in [3.05, 3.63) is 18.3 Å². The Bertz CT molecular complexity index is 359. The van der Waals surface area contributed by atoms with Crippen molar-refractivity contribution in [2.75, 3.05) is 25.9 Å². The quantitative estimate of drug-likeness (QED) is 0.822. The van der Waals surface area contributed by atoms with Crippen LogP contribution in [0.15, 0.2) is 18.3 Å². The Labute approximate surface area is 96.4 Å². The van der Waals surface area contributed by atoms with Gasteiger partial charge in [-0.3, -0.25) is 0 Å². The zero-order valence-electron chi connectivity index (χ0n) is 9.94. The van der Waals surface area contributed by atoms with E-state index in [2.05, 4.69) is 23.9 Å². The highest BCUT2D eigenvalue weighted by molar-refractivity contribution is 5.47. The van der Waals surface area contributed by atoms with Crippen LogP contribution in [-0.4, -0.2) is 35.6 Å². The number of pyridine rings is 1. The van der Waals surface area contributed by atoms with Gasteiger partial charge in [0.05, 0.1) is 5.69 Å². The molecule has 1 fully saturated rings. The Hall–Kier alpha value is -1.29. The maximum atomic E-state index is 5.96. The molecule has 1 aliphatic heterocycles. The SMILES string of the molecule is CN1CCC(C)(Oc2ncccc2N)CC1. The molecule has 2 rings (SSSR count). The maximum absolute atomic E-state index is 5.96. The van der Waals surface area contributed by atoms with E-state index in [1.165, 1.54) is 0 Å². The third-order valence-electron chi connectivity index (χ3n) is 3.19. The Morgan fingerprint density at radius 3 is 2.75 bits per heavy atom. The van der Waals surface area contributed by atoms with Gasteiger partial charge < -0.3 is 15.4 Å². The standard InChI is InChI=1S/C12H19N3O/c1-12(5-8-15(2)9-6-12)16-11-10(13)4-3-7-14-11/h3-4,7H,5-6,8-9,13H2,1-2H3. The number of ether oxygens (including phenoxy) is 1. The molecule has 1 saturated heterocycles. The van der Waals surface area contributed by atoms with Crippen LogP contribution in [-0.2, 0) is 0 Å². The number of anilines is 1. The minimum absolute atomic E-state index is 0.130. The van der Waals surface area contributed by atoms with Gasteiger partial charge in [-0.25, -0.2) is 4.98 Å². The summed E-state index contributed by atoms with van der Waals surface area (Å²) < 4.78 is 5.96. The highest BCUT2D eigenvalue weighted by atomic mass is 16.5. The summed E-state index contributed by atoms with van der Waals surface area (Å²) in [6.07, 6.45) is 3.74. The van der Waals surface area contributed by atoms with Crippen LogP contribution < -0.4 is 10.5 Å². The molecule has 2 N–H and O–H groups in total. The smallest absolute Gasteiger partial charge is 0.237 e. The van der Waals surface area contributed by atoms with E-state index in [4.69, 9.17) is 10.5 Å². The predicted octanol–water partition coefficient (Wildman–Crippen LogP) is 1.53. The molecule has 1 aromatic rings. The van der Waals surface area contributed by atoms with Crippen molar-refractivity contribution < 1.29 is 4.74 Å². The first-order valence-corrected chi connectivity index (χ1v) is 5.67.